The molecule has 1 aromatic rings. The third-order valence-electron chi connectivity index (χ3n) is 3.31. The third-order valence-corrected chi connectivity index (χ3v) is 5.18. The Morgan fingerprint density at radius 3 is 2.75 bits per heavy atom. The lowest BCUT2D eigenvalue weighted by Crippen LogP contribution is -2.43. The molecule has 0 bridgehead atoms. The topological polar surface area (TPSA) is 58.6 Å². The smallest absolute Gasteiger partial charge is 0.215 e. The first-order valence-electron chi connectivity index (χ1n) is 6.90. The van der Waals surface area contributed by atoms with Gasteiger partial charge in [-0.1, -0.05) is 29.8 Å². The number of rotatable bonds is 6. The average molecular weight is 298 g/mol. The number of ether oxygens (including phenoxy) is 1. The van der Waals surface area contributed by atoms with Crippen molar-refractivity contribution in [3.05, 3.63) is 35.4 Å². The van der Waals surface area contributed by atoms with Crippen molar-refractivity contribution in [2.45, 2.75) is 13.5 Å². The molecule has 0 atom stereocenters. The molecular formula is C14H22N2O3S. The van der Waals surface area contributed by atoms with Crippen molar-refractivity contribution < 1.29 is 13.2 Å². The maximum absolute atomic E-state index is 12.1. The number of nitrogens with one attached hydrogen (secondary N) is 1. The summed E-state index contributed by atoms with van der Waals surface area (Å²) in [4.78, 5) is 0. The molecule has 1 N–H and O–H groups in total. The van der Waals surface area contributed by atoms with Crippen LogP contribution in [0.25, 0.3) is 0 Å². The standard InChI is InChI=1S/C14H22N2O3S/c1-13-3-2-4-14(11-13)12-15-5-10-20(17,18)16-6-8-19-9-7-16/h2-4,11,15H,5-10,12H2,1H3. The number of hydrogen-bond donors (Lipinski definition) is 1. The van der Waals surface area contributed by atoms with Crippen LogP contribution < -0.4 is 5.32 Å². The average Bonchev–Trinajstić information content (AvgIpc) is 2.45. The van der Waals surface area contributed by atoms with Gasteiger partial charge >= 0.3 is 0 Å². The van der Waals surface area contributed by atoms with E-state index in [2.05, 4.69) is 11.4 Å². The van der Waals surface area contributed by atoms with Gasteiger partial charge in [0.05, 0.1) is 19.0 Å². The maximum atomic E-state index is 12.1. The zero-order chi connectivity index (χ0) is 14.4. The van der Waals surface area contributed by atoms with Gasteiger partial charge in [0.25, 0.3) is 0 Å². The first-order valence-corrected chi connectivity index (χ1v) is 8.51. The number of nitrogens with zero attached hydrogens (tertiary/aromatic N) is 1. The van der Waals surface area contributed by atoms with Gasteiger partial charge in [-0.2, -0.15) is 4.31 Å². The normalized spacial score (nSPS) is 17.2. The summed E-state index contributed by atoms with van der Waals surface area (Å²) in [5.74, 6) is 0.138. The molecule has 6 heteroatoms. The van der Waals surface area contributed by atoms with Crippen molar-refractivity contribution in [1.82, 2.24) is 9.62 Å². The van der Waals surface area contributed by atoms with Gasteiger partial charge in [0.1, 0.15) is 0 Å². The largest absolute Gasteiger partial charge is 0.379 e. The molecule has 1 saturated heterocycles. The number of sulfonamides is 1. The highest BCUT2D eigenvalue weighted by Gasteiger charge is 2.23. The maximum Gasteiger partial charge on any atom is 0.215 e. The van der Waals surface area contributed by atoms with E-state index in [-0.39, 0.29) is 5.75 Å². The quantitative estimate of drug-likeness (QED) is 0.787. The Labute approximate surface area is 121 Å². The lowest BCUT2D eigenvalue weighted by atomic mass is 10.1. The predicted molar refractivity (Wildman–Crippen MR) is 79.1 cm³/mol. The van der Waals surface area contributed by atoms with Crippen LogP contribution in [-0.2, 0) is 21.3 Å². The molecule has 0 saturated carbocycles. The van der Waals surface area contributed by atoms with E-state index in [1.165, 1.54) is 15.4 Å². The Bertz CT molecular complexity index is 525. The molecule has 0 aliphatic carbocycles. The monoisotopic (exact) mass is 298 g/mol. The van der Waals surface area contributed by atoms with Crippen LogP contribution in [0.15, 0.2) is 24.3 Å². The van der Waals surface area contributed by atoms with E-state index in [0.29, 0.717) is 39.4 Å². The summed E-state index contributed by atoms with van der Waals surface area (Å²) in [6.07, 6.45) is 0. The van der Waals surface area contributed by atoms with Crippen LogP contribution in [0.5, 0.6) is 0 Å². The number of benzene rings is 1. The summed E-state index contributed by atoms with van der Waals surface area (Å²) in [6.45, 7) is 5.15. The van der Waals surface area contributed by atoms with Gasteiger partial charge in [-0.15, -0.1) is 0 Å². The molecule has 2 rings (SSSR count). The first kappa shape index (κ1) is 15.4. The molecule has 0 amide bonds. The Balaban J connectivity index is 1.75. The molecule has 1 heterocycles. The Hall–Kier alpha value is -0.950. The SMILES string of the molecule is Cc1cccc(CNCCS(=O)(=O)N2CCOCC2)c1. The minimum Gasteiger partial charge on any atom is -0.379 e. The summed E-state index contributed by atoms with van der Waals surface area (Å²) in [5, 5.41) is 3.19. The summed E-state index contributed by atoms with van der Waals surface area (Å²) >= 11 is 0. The van der Waals surface area contributed by atoms with Crippen molar-refractivity contribution in [3.63, 3.8) is 0 Å². The molecule has 0 aromatic heterocycles. The van der Waals surface area contributed by atoms with Crippen molar-refractivity contribution in [3.8, 4) is 0 Å². The summed E-state index contributed by atoms with van der Waals surface area (Å²) < 4.78 is 30.8. The van der Waals surface area contributed by atoms with E-state index in [1.54, 1.807) is 0 Å². The molecule has 1 aliphatic rings. The van der Waals surface area contributed by atoms with Crippen molar-refractivity contribution in [1.29, 1.82) is 0 Å². The highest BCUT2D eigenvalue weighted by molar-refractivity contribution is 7.89. The van der Waals surface area contributed by atoms with Crippen LogP contribution in [0.1, 0.15) is 11.1 Å². The number of aryl methyl sites for hydroxylation is 1. The number of hydrogen-bond acceptors (Lipinski definition) is 4. The van der Waals surface area contributed by atoms with Crippen LogP contribution in [0.3, 0.4) is 0 Å². The van der Waals surface area contributed by atoms with E-state index < -0.39 is 10.0 Å². The van der Waals surface area contributed by atoms with E-state index in [0.717, 1.165) is 0 Å². The second-order valence-electron chi connectivity index (χ2n) is 4.99. The van der Waals surface area contributed by atoms with Crippen LogP contribution in [0.2, 0.25) is 0 Å². The lowest BCUT2D eigenvalue weighted by molar-refractivity contribution is 0.0730. The van der Waals surface area contributed by atoms with Gasteiger partial charge in [-0.25, -0.2) is 8.42 Å². The van der Waals surface area contributed by atoms with Crippen molar-refractivity contribution in [2.24, 2.45) is 0 Å². The Morgan fingerprint density at radius 1 is 1.30 bits per heavy atom. The second kappa shape index (κ2) is 7.17. The molecule has 112 valence electrons. The van der Waals surface area contributed by atoms with Gasteiger partial charge in [0.15, 0.2) is 0 Å². The fraction of sp³-hybridized carbons (Fsp3) is 0.571. The predicted octanol–water partition coefficient (Wildman–Crippen LogP) is 0.747. The zero-order valence-electron chi connectivity index (χ0n) is 11.8. The molecule has 0 unspecified atom stereocenters. The molecule has 1 fully saturated rings. The molecule has 0 spiro atoms. The minimum atomic E-state index is -3.16. The molecule has 5 nitrogen and oxygen atoms in total. The van der Waals surface area contributed by atoms with Crippen LogP contribution >= 0.6 is 0 Å². The van der Waals surface area contributed by atoms with Gasteiger partial charge < -0.3 is 10.1 Å². The molecular weight excluding hydrogens is 276 g/mol. The highest BCUT2D eigenvalue weighted by atomic mass is 32.2. The zero-order valence-corrected chi connectivity index (χ0v) is 12.7. The molecule has 20 heavy (non-hydrogen) atoms. The van der Waals surface area contributed by atoms with E-state index in [4.69, 9.17) is 4.74 Å². The van der Waals surface area contributed by atoms with E-state index >= 15 is 0 Å². The van der Waals surface area contributed by atoms with Crippen LogP contribution in [0.4, 0.5) is 0 Å². The van der Waals surface area contributed by atoms with Crippen LogP contribution in [-0.4, -0.2) is 51.3 Å². The van der Waals surface area contributed by atoms with Crippen molar-refractivity contribution in [2.75, 3.05) is 38.6 Å². The highest BCUT2D eigenvalue weighted by Crippen LogP contribution is 2.06. The second-order valence-corrected chi connectivity index (χ2v) is 7.08. The van der Waals surface area contributed by atoms with Crippen LogP contribution in [0, 0.1) is 6.92 Å². The number of morpholine rings is 1. The minimum absolute atomic E-state index is 0.138. The van der Waals surface area contributed by atoms with Gasteiger partial charge in [-0.3, -0.25) is 0 Å². The Morgan fingerprint density at radius 2 is 2.05 bits per heavy atom. The van der Waals surface area contributed by atoms with Gasteiger partial charge in [0.2, 0.25) is 10.0 Å². The first-order chi connectivity index (χ1) is 9.58. The summed E-state index contributed by atoms with van der Waals surface area (Å²) in [6, 6.07) is 8.20. The summed E-state index contributed by atoms with van der Waals surface area (Å²) in [5.41, 5.74) is 2.39. The molecule has 1 aromatic carbocycles. The lowest BCUT2D eigenvalue weighted by Gasteiger charge is -2.26. The van der Waals surface area contributed by atoms with E-state index in [9.17, 15) is 8.42 Å². The fourth-order valence-corrected chi connectivity index (χ4v) is 3.58. The third kappa shape index (κ3) is 4.56. The Kier molecular flexibility index (Phi) is 5.54. The fourth-order valence-electron chi connectivity index (χ4n) is 2.21. The van der Waals surface area contributed by atoms with Gasteiger partial charge in [-0.05, 0) is 12.5 Å². The van der Waals surface area contributed by atoms with E-state index in [1.807, 2.05) is 25.1 Å². The molecule has 1 aliphatic heterocycles. The van der Waals surface area contributed by atoms with Gasteiger partial charge in [0, 0.05) is 26.2 Å². The van der Waals surface area contributed by atoms with Crippen molar-refractivity contribution >= 4 is 10.0 Å². The summed E-state index contributed by atoms with van der Waals surface area (Å²) in [7, 11) is -3.16. The molecule has 0 radical (unpaired) electrons.